The summed E-state index contributed by atoms with van der Waals surface area (Å²) in [4.78, 5) is 26.8. The van der Waals surface area contributed by atoms with Crippen molar-refractivity contribution in [2.45, 2.75) is 30.5 Å². The van der Waals surface area contributed by atoms with E-state index in [-0.39, 0.29) is 34.3 Å². The Balaban J connectivity index is 1.36. The standard InChI is InChI=1S/C24H22F3N3O7S2/c25-24(26,27)19-12-17(28-37-19)18-5-6-21(38-18)30(39(34)35)23(22(32)33)13-16(23)15-3-1-14(2-4-15)11-20(31)29-7-9-36-10-8-29/h1-6,12,16H,7-11,13H2,(H,32,33)(H,34,35)/p-1. The molecule has 1 N–H and O–H groups in total. The normalized spacial score (nSPS) is 21.9. The molecule has 39 heavy (non-hydrogen) atoms. The number of aromatic nitrogens is 1. The number of morpholine rings is 1. The van der Waals surface area contributed by atoms with Gasteiger partial charge in [-0.05, 0) is 29.7 Å². The Morgan fingerprint density at radius 3 is 2.49 bits per heavy atom. The molecule has 10 nitrogen and oxygen atoms in total. The van der Waals surface area contributed by atoms with Crippen molar-refractivity contribution in [2.75, 3.05) is 30.6 Å². The molecular weight excluding hydrogens is 563 g/mol. The van der Waals surface area contributed by atoms with Gasteiger partial charge in [0.25, 0.3) is 0 Å². The first kappa shape index (κ1) is 27.3. The van der Waals surface area contributed by atoms with Gasteiger partial charge >= 0.3 is 12.1 Å². The zero-order chi connectivity index (χ0) is 27.9. The monoisotopic (exact) mass is 584 g/mol. The van der Waals surface area contributed by atoms with Crippen LogP contribution < -0.4 is 4.31 Å². The molecule has 0 bridgehead atoms. The number of ether oxygens (including phenoxy) is 1. The summed E-state index contributed by atoms with van der Waals surface area (Å²) in [6.07, 6.45) is -4.59. The molecule has 1 amide bonds. The molecule has 1 aromatic carbocycles. The van der Waals surface area contributed by atoms with Crippen LogP contribution in [0.3, 0.4) is 0 Å². The lowest BCUT2D eigenvalue weighted by atomic mass is 10.0. The van der Waals surface area contributed by atoms with E-state index in [1.807, 2.05) is 0 Å². The predicted octanol–water partition coefficient (Wildman–Crippen LogP) is 3.43. The van der Waals surface area contributed by atoms with Gasteiger partial charge in [0.1, 0.15) is 10.7 Å². The number of thiophene rings is 1. The maximum absolute atomic E-state index is 12.9. The summed E-state index contributed by atoms with van der Waals surface area (Å²) >= 11 is -2.24. The summed E-state index contributed by atoms with van der Waals surface area (Å²) in [5, 5.41) is 13.5. The highest BCUT2D eigenvalue weighted by Gasteiger charge is 2.66. The summed E-state index contributed by atoms with van der Waals surface area (Å²) in [6.45, 7) is 2.01. The number of anilines is 1. The van der Waals surface area contributed by atoms with Gasteiger partial charge in [-0.25, -0.2) is 4.79 Å². The van der Waals surface area contributed by atoms with Gasteiger partial charge < -0.3 is 23.8 Å². The van der Waals surface area contributed by atoms with Crippen LogP contribution in [0.1, 0.15) is 29.2 Å². The van der Waals surface area contributed by atoms with Crippen molar-refractivity contribution in [1.82, 2.24) is 10.1 Å². The van der Waals surface area contributed by atoms with E-state index in [1.165, 1.54) is 12.1 Å². The van der Waals surface area contributed by atoms with Crippen molar-refractivity contribution < 1.29 is 45.9 Å². The first-order chi connectivity index (χ1) is 18.5. The second-order valence-electron chi connectivity index (χ2n) is 9.12. The van der Waals surface area contributed by atoms with Crippen LogP contribution in [0, 0.1) is 0 Å². The van der Waals surface area contributed by atoms with Gasteiger partial charge in [0, 0.05) is 36.3 Å². The van der Waals surface area contributed by atoms with Crippen LogP contribution in [-0.4, -0.2) is 67.6 Å². The lowest BCUT2D eigenvalue weighted by molar-refractivity contribution is -0.155. The number of carbonyl (C=O) groups excluding carboxylic acids is 1. The highest BCUT2D eigenvalue weighted by molar-refractivity contribution is 7.81. The number of benzene rings is 1. The summed E-state index contributed by atoms with van der Waals surface area (Å²) in [5.74, 6) is -3.41. The quantitative estimate of drug-likeness (QED) is 0.398. The summed E-state index contributed by atoms with van der Waals surface area (Å²) in [7, 11) is 0. The average Bonchev–Trinajstić information content (AvgIpc) is 3.21. The third-order valence-electron chi connectivity index (χ3n) is 6.75. The second-order valence-corrected chi connectivity index (χ2v) is 11.0. The SMILES string of the molecule is O=C(Cc1ccc(C2CC2(C(=O)O)N(c2ccc(-c3cc(C(F)(F)F)on3)s2)S(=O)[O-])cc1)N1CCOCC1. The smallest absolute Gasteiger partial charge is 0.452 e. The topological polar surface area (TPSA) is 136 Å². The largest absolute Gasteiger partial charge is 0.755 e. The van der Waals surface area contributed by atoms with Crippen molar-refractivity contribution in [3.63, 3.8) is 0 Å². The van der Waals surface area contributed by atoms with Crippen LogP contribution in [0.25, 0.3) is 10.6 Å². The highest BCUT2D eigenvalue weighted by Crippen LogP contribution is 2.58. The molecule has 1 saturated carbocycles. The van der Waals surface area contributed by atoms with E-state index >= 15 is 0 Å². The third kappa shape index (κ3) is 5.31. The Labute approximate surface area is 226 Å². The molecule has 2 aromatic heterocycles. The fourth-order valence-electron chi connectivity index (χ4n) is 4.66. The summed E-state index contributed by atoms with van der Waals surface area (Å²) in [5.41, 5.74) is -0.664. The number of aliphatic carboxylic acids is 1. The van der Waals surface area contributed by atoms with Gasteiger partial charge in [-0.1, -0.05) is 29.4 Å². The first-order valence-electron chi connectivity index (χ1n) is 11.7. The molecule has 0 radical (unpaired) electrons. The Bertz CT molecular complexity index is 1400. The minimum absolute atomic E-state index is 0.00696. The number of nitrogens with zero attached hydrogens (tertiary/aromatic N) is 3. The molecule has 3 heterocycles. The van der Waals surface area contributed by atoms with Gasteiger partial charge in [-0.3, -0.25) is 13.3 Å². The van der Waals surface area contributed by atoms with Crippen LogP contribution in [0.4, 0.5) is 18.2 Å². The van der Waals surface area contributed by atoms with E-state index in [2.05, 4.69) is 9.68 Å². The third-order valence-corrected chi connectivity index (χ3v) is 8.78. The van der Waals surface area contributed by atoms with E-state index in [0.717, 1.165) is 21.2 Å². The number of amides is 1. The molecule has 3 atom stereocenters. The van der Waals surface area contributed by atoms with Crippen molar-refractivity contribution >= 4 is 39.5 Å². The molecule has 2 fully saturated rings. The number of hydrogen-bond acceptors (Lipinski definition) is 8. The first-order valence-corrected chi connectivity index (χ1v) is 13.6. The van der Waals surface area contributed by atoms with Crippen LogP contribution in [-0.2, 0) is 38.2 Å². The Morgan fingerprint density at radius 1 is 1.21 bits per heavy atom. The zero-order valence-electron chi connectivity index (χ0n) is 20.1. The minimum atomic E-state index is -4.74. The molecule has 0 spiro atoms. The Kier molecular flexibility index (Phi) is 7.26. The number of alkyl halides is 3. The predicted molar refractivity (Wildman–Crippen MR) is 131 cm³/mol. The maximum Gasteiger partial charge on any atom is 0.452 e. The van der Waals surface area contributed by atoms with E-state index in [4.69, 9.17) is 4.74 Å². The van der Waals surface area contributed by atoms with Crippen LogP contribution in [0.5, 0.6) is 0 Å². The van der Waals surface area contributed by atoms with Crippen LogP contribution in [0.2, 0.25) is 0 Å². The number of hydrogen-bond donors (Lipinski definition) is 1. The molecule has 1 aliphatic carbocycles. The summed E-state index contributed by atoms with van der Waals surface area (Å²) in [6, 6.07) is 10.1. The molecule has 3 aromatic rings. The van der Waals surface area contributed by atoms with Gasteiger partial charge in [0.15, 0.2) is 5.54 Å². The number of carbonyl (C=O) groups is 2. The lowest BCUT2D eigenvalue weighted by Gasteiger charge is -2.32. The van der Waals surface area contributed by atoms with Crippen molar-refractivity contribution in [3.8, 4) is 10.6 Å². The van der Waals surface area contributed by atoms with Gasteiger partial charge in [0.2, 0.25) is 11.7 Å². The molecule has 1 saturated heterocycles. The molecule has 2 aliphatic rings. The number of carboxylic acids is 1. The molecule has 3 unspecified atom stereocenters. The number of rotatable bonds is 8. The van der Waals surface area contributed by atoms with E-state index < -0.39 is 40.6 Å². The molecule has 208 valence electrons. The maximum atomic E-state index is 12.9. The number of carboxylic acid groups (broad SMARTS) is 1. The van der Waals surface area contributed by atoms with Crippen molar-refractivity contribution in [3.05, 3.63) is 59.4 Å². The second kappa shape index (κ2) is 10.4. The molecule has 1 aliphatic heterocycles. The molecule has 15 heteroatoms. The summed E-state index contributed by atoms with van der Waals surface area (Å²) < 4.78 is 73.6. The van der Waals surface area contributed by atoms with E-state index in [0.29, 0.717) is 37.9 Å². The highest BCUT2D eigenvalue weighted by atomic mass is 32.2. The fraction of sp³-hybridized carbons (Fsp3) is 0.375. The van der Waals surface area contributed by atoms with E-state index in [9.17, 15) is 36.6 Å². The van der Waals surface area contributed by atoms with Gasteiger partial charge in [0.05, 0.1) is 24.5 Å². The molecular formula is C24H21F3N3O7S2-. The van der Waals surface area contributed by atoms with Crippen molar-refractivity contribution in [2.24, 2.45) is 0 Å². The van der Waals surface area contributed by atoms with Crippen LogP contribution in [0.15, 0.2) is 47.0 Å². The van der Waals surface area contributed by atoms with Gasteiger partial charge in [-0.2, -0.15) is 13.2 Å². The molecule has 5 rings (SSSR count). The van der Waals surface area contributed by atoms with Gasteiger partial charge in [-0.15, -0.1) is 11.3 Å². The Hall–Kier alpha value is -3.27. The number of halogens is 3. The van der Waals surface area contributed by atoms with Crippen LogP contribution >= 0.6 is 11.3 Å². The lowest BCUT2D eigenvalue weighted by Crippen LogP contribution is -2.46. The Morgan fingerprint density at radius 2 is 1.90 bits per heavy atom. The minimum Gasteiger partial charge on any atom is -0.755 e. The fourth-order valence-corrected chi connectivity index (χ4v) is 6.66. The zero-order valence-corrected chi connectivity index (χ0v) is 21.7. The van der Waals surface area contributed by atoms with E-state index in [1.54, 1.807) is 29.2 Å². The average molecular weight is 585 g/mol. The van der Waals surface area contributed by atoms with Crippen molar-refractivity contribution in [1.29, 1.82) is 0 Å².